The third-order valence-electron chi connectivity index (χ3n) is 3.16. The van der Waals surface area contributed by atoms with Crippen molar-refractivity contribution in [2.75, 3.05) is 0 Å². The average Bonchev–Trinajstić information content (AvgIpc) is 3.10. The van der Waals surface area contributed by atoms with Gasteiger partial charge in [-0.15, -0.1) is 0 Å². The number of aliphatic hydroxyl groups excluding tert-OH is 1. The summed E-state index contributed by atoms with van der Waals surface area (Å²) in [6.07, 6.45) is 1.11. The lowest BCUT2D eigenvalue weighted by atomic mass is 10.1. The number of amides is 1. The van der Waals surface area contributed by atoms with E-state index >= 15 is 0 Å². The Morgan fingerprint density at radius 3 is 2.71 bits per heavy atom. The molecule has 2 aromatic heterocycles. The molecule has 0 saturated heterocycles. The van der Waals surface area contributed by atoms with Gasteiger partial charge in [-0.2, -0.15) is 0 Å². The molecule has 0 aromatic carbocycles. The average molecular weight is 292 g/mol. The second-order valence-corrected chi connectivity index (χ2v) is 5.41. The summed E-state index contributed by atoms with van der Waals surface area (Å²) in [5.74, 6) is 1.02. The van der Waals surface area contributed by atoms with E-state index in [1.807, 2.05) is 20.8 Å². The Balaban J connectivity index is 1.89. The van der Waals surface area contributed by atoms with Crippen LogP contribution in [0.5, 0.6) is 0 Å². The van der Waals surface area contributed by atoms with Gasteiger partial charge in [-0.25, -0.2) is 0 Å². The van der Waals surface area contributed by atoms with Gasteiger partial charge in [-0.1, -0.05) is 19.0 Å². The van der Waals surface area contributed by atoms with E-state index in [1.165, 1.54) is 6.26 Å². The Morgan fingerprint density at radius 2 is 2.14 bits per heavy atom. The van der Waals surface area contributed by atoms with Crippen LogP contribution in [0.15, 0.2) is 33.4 Å². The smallest absolute Gasteiger partial charge is 0.273 e. The number of aromatic nitrogens is 1. The minimum absolute atomic E-state index is 0.178. The normalized spacial score (nSPS) is 14.1. The number of hydrogen-bond donors (Lipinski definition) is 2. The quantitative estimate of drug-likeness (QED) is 0.854. The molecule has 0 spiro atoms. The summed E-state index contributed by atoms with van der Waals surface area (Å²) in [6.45, 7) is 5.74. The second kappa shape index (κ2) is 6.58. The van der Waals surface area contributed by atoms with E-state index in [-0.39, 0.29) is 23.6 Å². The van der Waals surface area contributed by atoms with Crippen molar-refractivity contribution >= 4 is 5.91 Å². The van der Waals surface area contributed by atoms with Crippen molar-refractivity contribution in [1.29, 1.82) is 0 Å². The fraction of sp³-hybridized carbons (Fsp3) is 0.467. The zero-order chi connectivity index (χ0) is 15.4. The lowest BCUT2D eigenvalue weighted by Gasteiger charge is -2.15. The molecular weight excluding hydrogens is 272 g/mol. The Labute approximate surface area is 123 Å². The van der Waals surface area contributed by atoms with Crippen LogP contribution in [0.1, 0.15) is 61.2 Å². The van der Waals surface area contributed by atoms with Gasteiger partial charge in [0.2, 0.25) is 0 Å². The number of aliphatic hydroxyl groups is 1. The molecule has 2 unspecified atom stereocenters. The molecule has 0 saturated carbocycles. The van der Waals surface area contributed by atoms with E-state index in [4.69, 9.17) is 8.94 Å². The van der Waals surface area contributed by atoms with Crippen molar-refractivity contribution in [3.63, 3.8) is 0 Å². The summed E-state index contributed by atoms with van der Waals surface area (Å²) in [5.41, 5.74) is 0.248. The highest BCUT2D eigenvalue weighted by Crippen LogP contribution is 2.19. The van der Waals surface area contributed by atoms with Crippen molar-refractivity contribution in [2.45, 2.75) is 45.3 Å². The molecule has 0 aliphatic rings. The first-order chi connectivity index (χ1) is 9.97. The highest BCUT2D eigenvalue weighted by molar-refractivity contribution is 5.92. The maximum atomic E-state index is 12.0. The molecule has 0 aliphatic heterocycles. The van der Waals surface area contributed by atoms with Gasteiger partial charge in [0.05, 0.1) is 6.26 Å². The fourth-order valence-electron chi connectivity index (χ4n) is 1.96. The van der Waals surface area contributed by atoms with Crippen LogP contribution in [-0.4, -0.2) is 22.2 Å². The summed E-state index contributed by atoms with van der Waals surface area (Å²) >= 11 is 0. The van der Waals surface area contributed by atoms with E-state index in [1.54, 1.807) is 18.2 Å². The van der Waals surface area contributed by atoms with Gasteiger partial charge in [0, 0.05) is 24.4 Å². The highest BCUT2D eigenvalue weighted by atomic mass is 16.5. The van der Waals surface area contributed by atoms with Crippen molar-refractivity contribution in [1.82, 2.24) is 10.5 Å². The van der Waals surface area contributed by atoms with E-state index in [0.29, 0.717) is 17.9 Å². The Hall–Kier alpha value is -2.08. The monoisotopic (exact) mass is 292 g/mol. The fourth-order valence-corrected chi connectivity index (χ4v) is 1.96. The van der Waals surface area contributed by atoms with E-state index < -0.39 is 6.10 Å². The van der Waals surface area contributed by atoms with Gasteiger partial charge >= 0.3 is 0 Å². The van der Waals surface area contributed by atoms with Crippen LogP contribution in [0.3, 0.4) is 0 Å². The third kappa shape index (κ3) is 3.95. The van der Waals surface area contributed by atoms with Gasteiger partial charge in [0.25, 0.3) is 5.91 Å². The minimum Gasteiger partial charge on any atom is -0.467 e. The van der Waals surface area contributed by atoms with Crippen LogP contribution in [0.2, 0.25) is 0 Å². The number of carbonyl (C=O) groups is 1. The first kappa shape index (κ1) is 15.3. The number of furan rings is 1. The molecule has 0 fully saturated rings. The predicted molar refractivity (Wildman–Crippen MR) is 75.8 cm³/mol. The van der Waals surface area contributed by atoms with Crippen LogP contribution in [0.25, 0.3) is 0 Å². The number of nitrogens with one attached hydrogen (secondary N) is 1. The molecule has 2 aromatic rings. The van der Waals surface area contributed by atoms with E-state index in [0.717, 1.165) is 0 Å². The van der Waals surface area contributed by atoms with Crippen LogP contribution >= 0.6 is 0 Å². The summed E-state index contributed by atoms with van der Waals surface area (Å²) in [5, 5.41) is 16.5. The van der Waals surface area contributed by atoms with E-state index in [2.05, 4.69) is 10.5 Å². The molecule has 114 valence electrons. The molecule has 6 heteroatoms. The van der Waals surface area contributed by atoms with Gasteiger partial charge in [0.15, 0.2) is 5.69 Å². The van der Waals surface area contributed by atoms with Gasteiger partial charge in [-0.05, 0) is 19.1 Å². The predicted octanol–water partition coefficient (Wildman–Crippen LogP) is 2.63. The van der Waals surface area contributed by atoms with Crippen molar-refractivity contribution in [3.05, 3.63) is 41.7 Å². The molecule has 2 N–H and O–H groups in total. The molecule has 0 aliphatic carbocycles. The van der Waals surface area contributed by atoms with Gasteiger partial charge < -0.3 is 19.4 Å². The SMILES string of the molecule is CC(CC(O)c1ccco1)NC(=O)c1cc(C(C)C)on1. The van der Waals surface area contributed by atoms with Crippen LogP contribution in [0, 0.1) is 0 Å². The zero-order valence-corrected chi connectivity index (χ0v) is 12.4. The molecule has 2 atom stereocenters. The standard InChI is InChI=1S/C15H20N2O4/c1-9(2)14-8-11(17-21-14)15(19)16-10(3)7-12(18)13-5-4-6-20-13/h4-6,8-10,12,18H,7H2,1-3H3,(H,16,19). The largest absolute Gasteiger partial charge is 0.467 e. The zero-order valence-electron chi connectivity index (χ0n) is 12.4. The lowest BCUT2D eigenvalue weighted by molar-refractivity contribution is 0.0894. The molecule has 21 heavy (non-hydrogen) atoms. The second-order valence-electron chi connectivity index (χ2n) is 5.41. The maximum Gasteiger partial charge on any atom is 0.273 e. The summed E-state index contributed by atoms with van der Waals surface area (Å²) in [6, 6.07) is 4.82. The summed E-state index contributed by atoms with van der Waals surface area (Å²) < 4.78 is 10.2. The molecule has 0 radical (unpaired) electrons. The molecule has 0 bridgehead atoms. The van der Waals surface area contributed by atoms with E-state index in [9.17, 15) is 9.90 Å². The molecule has 1 amide bonds. The third-order valence-corrected chi connectivity index (χ3v) is 3.16. The lowest BCUT2D eigenvalue weighted by Crippen LogP contribution is -2.33. The minimum atomic E-state index is -0.751. The van der Waals surface area contributed by atoms with Gasteiger partial charge in [-0.3, -0.25) is 4.79 Å². The van der Waals surface area contributed by atoms with Crippen LogP contribution in [0.4, 0.5) is 0 Å². The van der Waals surface area contributed by atoms with Crippen LogP contribution in [-0.2, 0) is 0 Å². The highest BCUT2D eigenvalue weighted by Gasteiger charge is 2.19. The Morgan fingerprint density at radius 1 is 1.38 bits per heavy atom. The van der Waals surface area contributed by atoms with Crippen LogP contribution < -0.4 is 5.32 Å². The Bertz CT molecular complexity index is 574. The van der Waals surface area contributed by atoms with Crippen molar-refractivity contribution < 1.29 is 18.8 Å². The summed E-state index contributed by atoms with van der Waals surface area (Å²) in [4.78, 5) is 12.0. The summed E-state index contributed by atoms with van der Waals surface area (Å²) in [7, 11) is 0. The number of carbonyl (C=O) groups excluding carboxylic acids is 1. The molecule has 2 heterocycles. The molecule has 6 nitrogen and oxygen atoms in total. The topological polar surface area (TPSA) is 88.5 Å². The van der Waals surface area contributed by atoms with Crippen molar-refractivity contribution in [3.8, 4) is 0 Å². The molecule has 2 rings (SSSR count). The maximum absolute atomic E-state index is 12.0. The first-order valence-corrected chi connectivity index (χ1v) is 6.96. The molecular formula is C15H20N2O4. The van der Waals surface area contributed by atoms with Gasteiger partial charge in [0.1, 0.15) is 17.6 Å². The number of nitrogens with zero attached hydrogens (tertiary/aromatic N) is 1. The van der Waals surface area contributed by atoms with Crippen molar-refractivity contribution in [2.24, 2.45) is 0 Å². The number of hydrogen-bond acceptors (Lipinski definition) is 5. The first-order valence-electron chi connectivity index (χ1n) is 6.96. The Kier molecular flexibility index (Phi) is 4.80. The number of rotatable bonds is 6.